The molecule has 0 saturated carbocycles. The number of aryl methyl sites for hydroxylation is 1. The second-order valence-electron chi connectivity index (χ2n) is 4.46. The van der Waals surface area contributed by atoms with E-state index < -0.39 is 0 Å². The summed E-state index contributed by atoms with van der Waals surface area (Å²) in [5.74, 6) is 0.817. The molecule has 0 spiro atoms. The van der Waals surface area contributed by atoms with Gasteiger partial charge in [0.25, 0.3) is 0 Å². The van der Waals surface area contributed by atoms with Crippen LogP contribution in [0.25, 0.3) is 5.65 Å². The van der Waals surface area contributed by atoms with Gasteiger partial charge in [-0.25, -0.2) is 4.52 Å². The summed E-state index contributed by atoms with van der Waals surface area (Å²) in [4.78, 5) is 0. The molecule has 1 N–H and O–H groups in total. The normalized spacial score (nSPS) is 12.6. The summed E-state index contributed by atoms with van der Waals surface area (Å²) < 4.78 is 1.81. The van der Waals surface area contributed by atoms with Gasteiger partial charge in [0.2, 0.25) is 0 Å². The van der Waals surface area contributed by atoms with E-state index in [0.717, 1.165) is 11.5 Å². The molecule has 14 heavy (non-hydrogen) atoms. The highest BCUT2D eigenvalue weighted by Gasteiger charge is 2.23. The van der Waals surface area contributed by atoms with Crippen LogP contribution in [0.1, 0.15) is 32.3 Å². The van der Waals surface area contributed by atoms with Gasteiger partial charge in [-0.3, -0.25) is 5.10 Å². The fraction of sp³-hybridized carbons (Fsp3) is 0.556. The van der Waals surface area contributed by atoms with E-state index >= 15 is 0 Å². The lowest BCUT2D eigenvalue weighted by molar-refractivity contribution is 0.561. The zero-order valence-corrected chi connectivity index (χ0v) is 9.48. The van der Waals surface area contributed by atoms with Crippen LogP contribution in [0.5, 0.6) is 0 Å². The first-order valence-electron chi connectivity index (χ1n) is 4.51. The third kappa shape index (κ3) is 1.21. The van der Waals surface area contributed by atoms with Gasteiger partial charge in [-0.2, -0.15) is 0 Å². The topological polar surface area (TPSA) is 46.0 Å². The number of hydrogen-bond donors (Lipinski definition) is 1. The van der Waals surface area contributed by atoms with Crippen LogP contribution in [0, 0.1) is 6.92 Å². The Morgan fingerprint density at radius 1 is 1.29 bits per heavy atom. The molecule has 0 radical (unpaired) electrons. The molecule has 5 heteroatoms. The summed E-state index contributed by atoms with van der Waals surface area (Å²) in [6.45, 7) is 8.20. The van der Waals surface area contributed by atoms with E-state index in [1.807, 2.05) is 11.4 Å². The van der Waals surface area contributed by atoms with Gasteiger partial charge in [0.05, 0.1) is 5.69 Å². The molecular formula is C9H13ClN4. The molecule has 0 aliphatic rings. The lowest BCUT2D eigenvalue weighted by Gasteiger charge is -2.16. The molecule has 0 saturated heterocycles. The first kappa shape index (κ1) is 9.52. The summed E-state index contributed by atoms with van der Waals surface area (Å²) in [7, 11) is 0. The van der Waals surface area contributed by atoms with E-state index in [0.29, 0.717) is 10.7 Å². The highest BCUT2D eigenvalue weighted by molar-refractivity contribution is 6.34. The Morgan fingerprint density at radius 3 is 2.43 bits per heavy atom. The smallest absolute Gasteiger partial charge is 0.196 e. The Morgan fingerprint density at radius 2 is 1.93 bits per heavy atom. The van der Waals surface area contributed by atoms with E-state index in [-0.39, 0.29) is 5.41 Å². The molecule has 0 aromatic carbocycles. The van der Waals surface area contributed by atoms with Gasteiger partial charge in [-0.05, 0) is 6.92 Å². The number of H-pyrrole nitrogens is 1. The van der Waals surface area contributed by atoms with Crippen molar-refractivity contribution in [2.24, 2.45) is 0 Å². The molecule has 2 rings (SSSR count). The van der Waals surface area contributed by atoms with Crippen molar-refractivity contribution >= 4 is 17.2 Å². The average Bonchev–Trinajstić information content (AvgIpc) is 2.54. The molecule has 4 nitrogen and oxygen atoms in total. The van der Waals surface area contributed by atoms with E-state index in [1.54, 1.807) is 0 Å². The lowest BCUT2D eigenvalue weighted by Crippen LogP contribution is -2.12. The fourth-order valence-electron chi connectivity index (χ4n) is 1.41. The van der Waals surface area contributed by atoms with Crippen molar-refractivity contribution in [2.75, 3.05) is 0 Å². The second-order valence-corrected chi connectivity index (χ2v) is 4.83. The van der Waals surface area contributed by atoms with E-state index in [2.05, 4.69) is 36.1 Å². The monoisotopic (exact) mass is 212 g/mol. The van der Waals surface area contributed by atoms with E-state index in [1.165, 1.54) is 0 Å². The predicted octanol–water partition coefficient (Wildman–Crippen LogP) is 2.32. The van der Waals surface area contributed by atoms with Gasteiger partial charge < -0.3 is 0 Å². The Labute approximate surface area is 87.3 Å². The highest BCUT2D eigenvalue weighted by Crippen LogP contribution is 2.30. The summed E-state index contributed by atoms with van der Waals surface area (Å²) >= 11 is 6.20. The van der Waals surface area contributed by atoms with Crippen molar-refractivity contribution < 1.29 is 0 Å². The quantitative estimate of drug-likeness (QED) is 0.729. The van der Waals surface area contributed by atoms with Crippen LogP contribution in [0.3, 0.4) is 0 Å². The van der Waals surface area contributed by atoms with Crippen LogP contribution in [0.4, 0.5) is 0 Å². The number of fused-ring (bicyclic) bond motifs is 1. The van der Waals surface area contributed by atoms with Gasteiger partial charge in [0.15, 0.2) is 5.65 Å². The highest BCUT2D eigenvalue weighted by atomic mass is 35.5. The van der Waals surface area contributed by atoms with Crippen LogP contribution in [0.2, 0.25) is 5.02 Å². The summed E-state index contributed by atoms with van der Waals surface area (Å²) in [6, 6.07) is 0. The number of hydrogen-bond acceptors (Lipinski definition) is 2. The molecule has 76 valence electrons. The third-order valence-electron chi connectivity index (χ3n) is 2.21. The third-order valence-corrected chi connectivity index (χ3v) is 2.57. The number of aromatic nitrogens is 4. The summed E-state index contributed by atoms with van der Waals surface area (Å²) in [5.41, 5.74) is 1.69. The average molecular weight is 213 g/mol. The zero-order chi connectivity index (χ0) is 10.5. The first-order valence-corrected chi connectivity index (χ1v) is 4.88. The predicted molar refractivity (Wildman–Crippen MR) is 55.8 cm³/mol. The maximum Gasteiger partial charge on any atom is 0.196 e. The molecule has 0 bridgehead atoms. The van der Waals surface area contributed by atoms with Crippen molar-refractivity contribution in [3.05, 3.63) is 16.5 Å². The lowest BCUT2D eigenvalue weighted by atomic mass is 9.92. The Bertz CT molecular complexity index is 475. The Kier molecular flexibility index (Phi) is 1.86. The van der Waals surface area contributed by atoms with Crippen molar-refractivity contribution in [3.63, 3.8) is 0 Å². The number of nitrogens with zero attached hydrogens (tertiary/aromatic N) is 3. The number of rotatable bonds is 0. The van der Waals surface area contributed by atoms with Crippen molar-refractivity contribution in [1.82, 2.24) is 19.8 Å². The van der Waals surface area contributed by atoms with Crippen LogP contribution < -0.4 is 0 Å². The van der Waals surface area contributed by atoms with Gasteiger partial charge in [0.1, 0.15) is 10.8 Å². The molecule has 2 heterocycles. The minimum absolute atomic E-state index is 0.00970. The van der Waals surface area contributed by atoms with Crippen LogP contribution in [-0.4, -0.2) is 19.8 Å². The van der Waals surface area contributed by atoms with Crippen molar-refractivity contribution in [2.45, 2.75) is 33.1 Å². The summed E-state index contributed by atoms with van der Waals surface area (Å²) in [5, 5.41) is 11.8. The maximum absolute atomic E-state index is 6.20. The van der Waals surface area contributed by atoms with E-state index in [4.69, 9.17) is 11.6 Å². The van der Waals surface area contributed by atoms with Gasteiger partial charge >= 0.3 is 0 Å². The van der Waals surface area contributed by atoms with Crippen molar-refractivity contribution in [3.8, 4) is 0 Å². The molecule has 0 atom stereocenters. The van der Waals surface area contributed by atoms with E-state index in [9.17, 15) is 0 Å². The second kappa shape index (κ2) is 2.73. The Balaban J connectivity index is 2.75. The zero-order valence-electron chi connectivity index (χ0n) is 8.72. The molecular weight excluding hydrogens is 200 g/mol. The number of nitrogens with one attached hydrogen (secondary N) is 1. The van der Waals surface area contributed by atoms with Crippen LogP contribution in [-0.2, 0) is 5.41 Å². The number of halogens is 1. The molecule has 0 unspecified atom stereocenters. The maximum atomic E-state index is 6.20. The minimum atomic E-state index is -0.00970. The van der Waals surface area contributed by atoms with Crippen LogP contribution in [0.15, 0.2) is 0 Å². The molecule has 0 fully saturated rings. The standard InChI is InChI=1S/C9H13ClN4/c1-5-11-12-8-6(10)7(9(2,3)4)13-14(5)8/h13H,1-4H3. The van der Waals surface area contributed by atoms with Crippen LogP contribution >= 0.6 is 11.6 Å². The minimum Gasteiger partial charge on any atom is -0.293 e. The SMILES string of the molecule is Cc1nnc2c(Cl)c(C(C)(C)C)[nH]n12. The van der Waals surface area contributed by atoms with Crippen molar-refractivity contribution in [1.29, 1.82) is 0 Å². The number of aromatic amines is 1. The summed E-state index contributed by atoms with van der Waals surface area (Å²) in [6.07, 6.45) is 0. The van der Waals surface area contributed by atoms with Gasteiger partial charge in [-0.1, -0.05) is 32.4 Å². The molecule has 0 amide bonds. The Hall–Kier alpha value is -1.03. The molecule has 2 aromatic heterocycles. The largest absolute Gasteiger partial charge is 0.293 e. The fourth-order valence-corrected chi connectivity index (χ4v) is 1.86. The molecule has 0 aliphatic carbocycles. The van der Waals surface area contributed by atoms with Gasteiger partial charge in [0, 0.05) is 5.41 Å². The van der Waals surface area contributed by atoms with Gasteiger partial charge in [-0.15, -0.1) is 10.2 Å². The first-order chi connectivity index (χ1) is 6.41. The molecule has 0 aliphatic heterocycles. The molecule has 2 aromatic rings.